The van der Waals surface area contributed by atoms with E-state index in [4.69, 9.17) is 0 Å². The zero-order valence-electron chi connectivity index (χ0n) is 10.6. The predicted octanol–water partition coefficient (Wildman–Crippen LogP) is 2.78. The minimum atomic E-state index is 0.204. The summed E-state index contributed by atoms with van der Waals surface area (Å²) < 4.78 is 0. The number of nitrogens with zero attached hydrogens (tertiary/aromatic N) is 1. The zero-order valence-corrected chi connectivity index (χ0v) is 10.6. The Bertz CT molecular complexity index is 295. The molecule has 0 amide bonds. The van der Waals surface area contributed by atoms with Crippen LogP contribution in [-0.4, -0.2) is 29.3 Å². The van der Waals surface area contributed by atoms with Crippen molar-refractivity contribution >= 4 is 5.78 Å². The highest BCUT2D eigenvalue weighted by atomic mass is 16.1. The molecule has 2 aliphatic carbocycles. The van der Waals surface area contributed by atoms with E-state index < -0.39 is 0 Å². The molecule has 4 bridgehead atoms. The van der Waals surface area contributed by atoms with Crippen LogP contribution in [0.25, 0.3) is 0 Å². The third-order valence-electron chi connectivity index (χ3n) is 5.09. The third-order valence-corrected chi connectivity index (χ3v) is 5.09. The molecule has 0 N–H and O–H groups in total. The summed E-state index contributed by atoms with van der Waals surface area (Å²) in [5.74, 6) is 2.27. The van der Waals surface area contributed by atoms with Gasteiger partial charge in [-0.15, -0.1) is 0 Å². The van der Waals surface area contributed by atoms with E-state index in [1.54, 1.807) is 0 Å². The third kappa shape index (κ3) is 2.20. The molecule has 0 unspecified atom stereocenters. The Morgan fingerprint density at radius 3 is 2.24 bits per heavy atom. The summed E-state index contributed by atoms with van der Waals surface area (Å²) in [4.78, 5) is 13.9. The van der Waals surface area contributed by atoms with E-state index in [0.717, 1.165) is 36.9 Å². The largest absolute Gasteiger partial charge is 0.297 e. The van der Waals surface area contributed by atoms with Crippen LogP contribution in [0.5, 0.6) is 0 Å². The normalized spacial score (nSPS) is 39.5. The van der Waals surface area contributed by atoms with Crippen LogP contribution in [0.4, 0.5) is 0 Å². The topological polar surface area (TPSA) is 20.3 Å². The van der Waals surface area contributed by atoms with Gasteiger partial charge in [-0.25, -0.2) is 0 Å². The second-order valence-corrected chi connectivity index (χ2v) is 6.23. The lowest BCUT2D eigenvalue weighted by atomic mass is 9.63. The van der Waals surface area contributed by atoms with Crippen LogP contribution in [0, 0.1) is 11.8 Å². The molecule has 2 heterocycles. The molecular weight excluding hydrogens is 210 g/mol. The van der Waals surface area contributed by atoms with Gasteiger partial charge in [0.1, 0.15) is 0 Å². The second-order valence-electron chi connectivity index (χ2n) is 6.23. The maximum atomic E-state index is 11.2. The summed E-state index contributed by atoms with van der Waals surface area (Å²) in [6.45, 7) is 4.67. The van der Waals surface area contributed by atoms with Gasteiger partial charge in [-0.2, -0.15) is 0 Å². The molecular formula is C15H23NO. The standard InChI is InChI=1S/C15H23NO/c1-2-15(17)4-3-5-16-13-7-11-6-12(9-13)10-14(16)8-11/h2,11-14H,1,3-10H2. The first-order valence-corrected chi connectivity index (χ1v) is 7.17. The molecule has 2 nitrogen and oxygen atoms in total. The van der Waals surface area contributed by atoms with Crippen molar-refractivity contribution in [3.05, 3.63) is 12.7 Å². The first kappa shape index (κ1) is 11.5. The van der Waals surface area contributed by atoms with Crippen LogP contribution in [0.15, 0.2) is 12.7 Å². The summed E-state index contributed by atoms with van der Waals surface area (Å²) in [7, 11) is 0. The molecule has 0 aromatic rings. The van der Waals surface area contributed by atoms with Crippen LogP contribution in [0.3, 0.4) is 0 Å². The van der Waals surface area contributed by atoms with E-state index in [0.29, 0.717) is 6.42 Å². The number of ketones is 1. The SMILES string of the molecule is C=CC(=O)CCCN1C2CC3CC(C2)CC1C3. The number of allylic oxidation sites excluding steroid dienone is 1. The first-order chi connectivity index (χ1) is 8.26. The number of piperidine rings is 2. The molecule has 2 heteroatoms. The van der Waals surface area contributed by atoms with E-state index in [9.17, 15) is 4.79 Å². The van der Waals surface area contributed by atoms with Gasteiger partial charge in [-0.05, 0) is 63.0 Å². The lowest BCUT2D eigenvalue weighted by molar-refractivity contribution is -0.115. The Labute approximate surface area is 104 Å². The van der Waals surface area contributed by atoms with Crippen molar-refractivity contribution in [2.45, 2.75) is 57.0 Å². The van der Waals surface area contributed by atoms with Gasteiger partial charge in [-0.1, -0.05) is 6.58 Å². The smallest absolute Gasteiger partial charge is 0.155 e. The van der Waals surface area contributed by atoms with Crippen molar-refractivity contribution in [3.63, 3.8) is 0 Å². The molecule has 94 valence electrons. The van der Waals surface area contributed by atoms with E-state index >= 15 is 0 Å². The van der Waals surface area contributed by atoms with Gasteiger partial charge in [0.05, 0.1) is 0 Å². The van der Waals surface area contributed by atoms with Crippen molar-refractivity contribution in [2.75, 3.05) is 6.54 Å². The molecule has 0 atom stereocenters. The number of carbonyl (C=O) groups excluding carboxylic acids is 1. The van der Waals surface area contributed by atoms with Crippen LogP contribution < -0.4 is 0 Å². The summed E-state index contributed by atoms with van der Waals surface area (Å²) in [5, 5.41) is 0. The Morgan fingerprint density at radius 2 is 1.71 bits per heavy atom. The fourth-order valence-corrected chi connectivity index (χ4v) is 4.52. The van der Waals surface area contributed by atoms with Gasteiger partial charge >= 0.3 is 0 Å². The minimum Gasteiger partial charge on any atom is -0.297 e. The van der Waals surface area contributed by atoms with Gasteiger partial charge < -0.3 is 0 Å². The van der Waals surface area contributed by atoms with E-state index in [-0.39, 0.29) is 5.78 Å². The highest BCUT2D eigenvalue weighted by molar-refractivity contribution is 5.88. The van der Waals surface area contributed by atoms with Gasteiger partial charge in [-0.3, -0.25) is 9.69 Å². The molecule has 2 aliphatic heterocycles. The molecule has 4 rings (SSSR count). The molecule has 4 aliphatic rings. The first-order valence-electron chi connectivity index (χ1n) is 7.17. The monoisotopic (exact) mass is 233 g/mol. The van der Waals surface area contributed by atoms with Crippen molar-refractivity contribution in [1.82, 2.24) is 4.90 Å². The predicted molar refractivity (Wildman–Crippen MR) is 68.8 cm³/mol. The zero-order chi connectivity index (χ0) is 11.8. The van der Waals surface area contributed by atoms with Gasteiger partial charge in [0.2, 0.25) is 0 Å². The average molecular weight is 233 g/mol. The molecule has 2 saturated heterocycles. The Morgan fingerprint density at radius 1 is 1.12 bits per heavy atom. The molecule has 0 aromatic carbocycles. The van der Waals surface area contributed by atoms with Crippen LogP contribution in [0.1, 0.15) is 44.9 Å². The summed E-state index contributed by atoms with van der Waals surface area (Å²) >= 11 is 0. The molecule has 17 heavy (non-hydrogen) atoms. The fourth-order valence-electron chi connectivity index (χ4n) is 4.52. The number of hydrogen-bond acceptors (Lipinski definition) is 2. The molecule has 0 radical (unpaired) electrons. The van der Waals surface area contributed by atoms with Gasteiger partial charge in [0.25, 0.3) is 0 Å². The van der Waals surface area contributed by atoms with E-state index in [2.05, 4.69) is 11.5 Å². The van der Waals surface area contributed by atoms with Crippen LogP contribution >= 0.6 is 0 Å². The number of rotatable bonds is 5. The fraction of sp³-hybridized carbons (Fsp3) is 0.800. The molecule has 0 spiro atoms. The average Bonchev–Trinajstić information content (AvgIpc) is 2.31. The highest BCUT2D eigenvalue weighted by Gasteiger charge is 2.46. The maximum Gasteiger partial charge on any atom is 0.155 e. The van der Waals surface area contributed by atoms with Crippen molar-refractivity contribution in [2.24, 2.45) is 11.8 Å². The van der Waals surface area contributed by atoms with E-state index in [1.807, 2.05) is 0 Å². The molecule has 0 aromatic heterocycles. The highest BCUT2D eigenvalue weighted by Crippen LogP contribution is 2.48. The molecule has 4 fully saturated rings. The molecule has 2 saturated carbocycles. The summed E-state index contributed by atoms with van der Waals surface area (Å²) in [5.41, 5.74) is 0. The summed E-state index contributed by atoms with van der Waals surface area (Å²) in [6, 6.07) is 1.70. The Hall–Kier alpha value is -0.630. The Kier molecular flexibility index (Phi) is 3.08. The number of carbonyl (C=O) groups is 1. The van der Waals surface area contributed by atoms with Gasteiger partial charge in [0.15, 0.2) is 5.78 Å². The lowest BCUT2D eigenvalue weighted by Gasteiger charge is -2.56. The Balaban J connectivity index is 1.54. The van der Waals surface area contributed by atoms with Crippen LogP contribution in [-0.2, 0) is 4.79 Å². The van der Waals surface area contributed by atoms with Gasteiger partial charge in [0, 0.05) is 18.5 Å². The van der Waals surface area contributed by atoms with Crippen molar-refractivity contribution < 1.29 is 4.79 Å². The van der Waals surface area contributed by atoms with E-state index in [1.165, 1.54) is 38.2 Å². The quantitative estimate of drug-likeness (QED) is 0.681. The minimum absolute atomic E-state index is 0.204. The lowest BCUT2D eigenvalue weighted by Crippen LogP contribution is -2.58. The summed E-state index contributed by atoms with van der Waals surface area (Å²) in [6.07, 6.45) is 10.4. The van der Waals surface area contributed by atoms with Crippen molar-refractivity contribution in [1.29, 1.82) is 0 Å². The van der Waals surface area contributed by atoms with Crippen LogP contribution in [0.2, 0.25) is 0 Å². The maximum absolute atomic E-state index is 11.2. The number of hydrogen-bond donors (Lipinski definition) is 0. The van der Waals surface area contributed by atoms with Crippen molar-refractivity contribution in [3.8, 4) is 0 Å². The second kappa shape index (κ2) is 4.56.